The molecule has 1 N–H and O–H groups in total. The van der Waals surface area contributed by atoms with Gasteiger partial charge in [-0.05, 0) is 61.4 Å². The number of carbonyl (C=O) groups is 2. The lowest BCUT2D eigenvalue weighted by Crippen LogP contribution is -2.43. The molecule has 25 heavy (non-hydrogen) atoms. The van der Waals surface area contributed by atoms with Gasteiger partial charge in [-0.25, -0.2) is 8.78 Å². The van der Waals surface area contributed by atoms with E-state index in [0.29, 0.717) is 37.2 Å². The predicted molar refractivity (Wildman–Crippen MR) is 90.1 cm³/mol. The molecule has 2 amide bonds. The fourth-order valence-corrected chi connectivity index (χ4v) is 2.93. The lowest BCUT2D eigenvalue weighted by molar-refractivity contribution is -0.121. The minimum Gasteiger partial charge on any atom is -0.338 e. The maximum atomic E-state index is 13.0. The Morgan fingerprint density at radius 1 is 0.960 bits per heavy atom. The van der Waals surface area contributed by atoms with E-state index in [1.165, 1.54) is 48.5 Å². The number of amides is 2. The van der Waals surface area contributed by atoms with Crippen molar-refractivity contribution in [2.24, 2.45) is 5.92 Å². The molecular weight excluding hydrogens is 326 g/mol. The van der Waals surface area contributed by atoms with E-state index >= 15 is 0 Å². The van der Waals surface area contributed by atoms with Gasteiger partial charge in [0.25, 0.3) is 5.91 Å². The predicted octanol–water partition coefficient (Wildman–Crippen LogP) is 3.46. The van der Waals surface area contributed by atoms with E-state index < -0.39 is 5.82 Å². The van der Waals surface area contributed by atoms with Crippen molar-refractivity contribution < 1.29 is 18.4 Å². The Labute approximate surface area is 144 Å². The van der Waals surface area contributed by atoms with Crippen molar-refractivity contribution in [1.29, 1.82) is 0 Å². The van der Waals surface area contributed by atoms with Crippen LogP contribution in [0, 0.1) is 17.6 Å². The van der Waals surface area contributed by atoms with Gasteiger partial charge in [0.1, 0.15) is 11.6 Å². The number of rotatable bonds is 3. The normalized spacial score (nSPS) is 17.2. The SMILES string of the molecule is O=C(Nc1ccc(F)cc1)C1CCCN(C(=O)c2ccc(F)cc2)C1. The largest absolute Gasteiger partial charge is 0.338 e. The average Bonchev–Trinajstić information content (AvgIpc) is 2.64. The van der Waals surface area contributed by atoms with Crippen molar-refractivity contribution in [3.8, 4) is 0 Å². The van der Waals surface area contributed by atoms with Gasteiger partial charge in [0, 0.05) is 24.3 Å². The zero-order chi connectivity index (χ0) is 17.8. The van der Waals surface area contributed by atoms with Gasteiger partial charge in [-0.1, -0.05) is 0 Å². The molecule has 1 atom stereocenters. The third kappa shape index (κ3) is 4.21. The van der Waals surface area contributed by atoms with E-state index in [4.69, 9.17) is 0 Å². The van der Waals surface area contributed by atoms with Crippen LogP contribution in [0.4, 0.5) is 14.5 Å². The van der Waals surface area contributed by atoms with Crippen molar-refractivity contribution in [3.05, 3.63) is 65.7 Å². The van der Waals surface area contributed by atoms with Crippen LogP contribution < -0.4 is 5.32 Å². The highest BCUT2D eigenvalue weighted by Gasteiger charge is 2.29. The van der Waals surface area contributed by atoms with Gasteiger partial charge in [-0.3, -0.25) is 9.59 Å². The Balaban J connectivity index is 1.63. The third-order valence-corrected chi connectivity index (χ3v) is 4.28. The highest BCUT2D eigenvalue weighted by Crippen LogP contribution is 2.21. The number of halogens is 2. The monoisotopic (exact) mass is 344 g/mol. The number of anilines is 1. The number of benzene rings is 2. The summed E-state index contributed by atoms with van der Waals surface area (Å²) in [5.74, 6) is -1.50. The molecule has 3 rings (SSSR count). The number of nitrogens with one attached hydrogen (secondary N) is 1. The van der Waals surface area contributed by atoms with Gasteiger partial charge in [-0.2, -0.15) is 0 Å². The van der Waals surface area contributed by atoms with Crippen LogP contribution in [-0.2, 0) is 4.79 Å². The molecule has 2 aromatic rings. The first kappa shape index (κ1) is 17.1. The van der Waals surface area contributed by atoms with Gasteiger partial charge >= 0.3 is 0 Å². The molecular formula is C19H18F2N2O2. The summed E-state index contributed by atoms with van der Waals surface area (Å²) in [6, 6.07) is 10.9. The van der Waals surface area contributed by atoms with Crippen LogP contribution in [0.3, 0.4) is 0 Å². The molecule has 1 aliphatic heterocycles. The number of hydrogen-bond acceptors (Lipinski definition) is 2. The first-order chi connectivity index (χ1) is 12.0. The van der Waals surface area contributed by atoms with Gasteiger partial charge in [0.15, 0.2) is 0 Å². The Bertz CT molecular complexity index is 760. The maximum absolute atomic E-state index is 13.0. The summed E-state index contributed by atoms with van der Waals surface area (Å²) in [6.45, 7) is 0.875. The minimum atomic E-state index is -0.397. The molecule has 0 saturated carbocycles. The Hall–Kier alpha value is -2.76. The summed E-state index contributed by atoms with van der Waals surface area (Å²) < 4.78 is 25.9. The van der Waals surface area contributed by atoms with Gasteiger partial charge in [-0.15, -0.1) is 0 Å². The van der Waals surface area contributed by atoms with Crippen LogP contribution >= 0.6 is 0 Å². The van der Waals surface area contributed by atoms with Crippen LogP contribution in [-0.4, -0.2) is 29.8 Å². The second kappa shape index (κ2) is 7.42. The van der Waals surface area contributed by atoms with Gasteiger partial charge in [0.05, 0.1) is 5.92 Å². The molecule has 0 bridgehead atoms. The molecule has 0 aromatic heterocycles. The molecule has 6 heteroatoms. The minimum absolute atomic E-state index is 0.191. The average molecular weight is 344 g/mol. The number of nitrogens with zero attached hydrogens (tertiary/aromatic N) is 1. The summed E-state index contributed by atoms with van der Waals surface area (Å²) in [5.41, 5.74) is 0.925. The molecule has 1 heterocycles. The first-order valence-electron chi connectivity index (χ1n) is 8.14. The van der Waals surface area contributed by atoms with E-state index in [-0.39, 0.29) is 23.5 Å². The molecule has 0 radical (unpaired) electrons. The molecule has 1 fully saturated rings. The molecule has 1 unspecified atom stereocenters. The third-order valence-electron chi connectivity index (χ3n) is 4.28. The van der Waals surface area contributed by atoms with Gasteiger partial charge < -0.3 is 10.2 Å². The van der Waals surface area contributed by atoms with Crippen LogP contribution in [0.15, 0.2) is 48.5 Å². The smallest absolute Gasteiger partial charge is 0.253 e. The zero-order valence-electron chi connectivity index (χ0n) is 13.5. The highest BCUT2D eigenvalue weighted by atomic mass is 19.1. The molecule has 1 saturated heterocycles. The molecule has 0 spiro atoms. The quantitative estimate of drug-likeness (QED) is 0.927. The van der Waals surface area contributed by atoms with Crippen molar-refractivity contribution >= 4 is 17.5 Å². The van der Waals surface area contributed by atoms with Crippen LogP contribution in [0.2, 0.25) is 0 Å². The fourth-order valence-electron chi connectivity index (χ4n) is 2.93. The van der Waals surface area contributed by atoms with Crippen LogP contribution in [0.25, 0.3) is 0 Å². The van der Waals surface area contributed by atoms with E-state index in [0.717, 1.165) is 0 Å². The van der Waals surface area contributed by atoms with Crippen molar-refractivity contribution in [3.63, 3.8) is 0 Å². The van der Waals surface area contributed by atoms with Crippen LogP contribution in [0.1, 0.15) is 23.2 Å². The summed E-state index contributed by atoms with van der Waals surface area (Å²) in [6.07, 6.45) is 1.40. The van der Waals surface area contributed by atoms with Gasteiger partial charge in [0.2, 0.25) is 5.91 Å². The van der Waals surface area contributed by atoms with Crippen LogP contribution in [0.5, 0.6) is 0 Å². The van der Waals surface area contributed by atoms with E-state index in [9.17, 15) is 18.4 Å². The second-order valence-electron chi connectivity index (χ2n) is 6.09. The zero-order valence-corrected chi connectivity index (χ0v) is 13.5. The number of likely N-dealkylation sites (tertiary alicyclic amines) is 1. The molecule has 1 aliphatic rings. The summed E-state index contributed by atoms with van der Waals surface area (Å²) in [5, 5.41) is 2.75. The van der Waals surface area contributed by atoms with E-state index in [2.05, 4.69) is 5.32 Å². The molecule has 2 aromatic carbocycles. The lowest BCUT2D eigenvalue weighted by Gasteiger charge is -2.32. The molecule has 130 valence electrons. The molecule has 4 nitrogen and oxygen atoms in total. The highest BCUT2D eigenvalue weighted by molar-refractivity contribution is 5.96. The second-order valence-corrected chi connectivity index (χ2v) is 6.09. The number of carbonyl (C=O) groups excluding carboxylic acids is 2. The number of piperidine rings is 1. The van der Waals surface area contributed by atoms with Crippen molar-refractivity contribution in [2.75, 3.05) is 18.4 Å². The lowest BCUT2D eigenvalue weighted by atomic mass is 9.96. The topological polar surface area (TPSA) is 49.4 Å². The Morgan fingerprint density at radius 3 is 2.20 bits per heavy atom. The summed E-state index contributed by atoms with van der Waals surface area (Å²) >= 11 is 0. The summed E-state index contributed by atoms with van der Waals surface area (Å²) in [4.78, 5) is 26.5. The Kier molecular flexibility index (Phi) is 5.07. The maximum Gasteiger partial charge on any atom is 0.253 e. The summed E-state index contributed by atoms with van der Waals surface area (Å²) in [7, 11) is 0. The van der Waals surface area contributed by atoms with E-state index in [1.807, 2.05) is 0 Å². The standard InChI is InChI=1S/C19H18F2N2O2/c20-15-5-3-13(4-6-15)19(25)23-11-1-2-14(12-23)18(24)22-17-9-7-16(21)8-10-17/h3-10,14H,1-2,11-12H2,(H,22,24). The molecule has 0 aliphatic carbocycles. The fraction of sp³-hybridized carbons (Fsp3) is 0.263. The number of hydrogen-bond donors (Lipinski definition) is 1. The first-order valence-corrected chi connectivity index (χ1v) is 8.14. The van der Waals surface area contributed by atoms with Crippen molar-refractivity contribution in [2.45, 2.75) is 12.8 Å². The van der Waals surface area contributed by atoms with Crippen molar-refractivity contribution in [1.82, 2.24) is 4.90 Å². The Morgan fingerprint density at radius 2 is 1.56 bits per heavy atom. The van der Waals surface area contributed by atoms with E-state index in [1.54, 1.807) is 4.90 Å².